The number of methoxy groups -OCH3 is 1. The molecule has 6 heteroatoms. The molecule has 0 bridgehead atoms. The van der Waals surface area contributed by atoms with E-state index in [-0.39, 0.29) is 30.0 Å². The van der Waals surface area contributed by atoms with Crippen LogP contribution in [0.5, 0.6) is 5.75 Å². The van der Waals surface area contributed by atoms with Crippen molar-refractivity contribution in [3.05, 3.63) is 53.7 Å². The molecule has 2 aromatic rings. The van der Waals surface area contributed by atoms with Gasteiger partial charge in [-0.1, -0.05) is 6.92 Å². The van der Waals surface area contributed by atoms with E-state index in [1.807, 2.05) is 6.92 Å². The van der Waals surface area contributed by atoms with Gasteiger partial charge in [0, 0.05) is 13.7 Å². The second-order valence-corrected chi connectivity index (χ2v) is 5.28. The Bertz CT molecular complexity index is 624. The largest absolute Gasteiger partial charge is 0.486 e. The number of benzene rings is 1. The van der Waals surface area contributed by atoms with E-state index in [1.165, 1.54) is 24.3 Å². The standard InChI is InChI=1S/C17H20FNO4/c1-12(10-21-2)9-19-17(20)16-8-7-15(23-16)11-22-14-5-3-13(18)4-6-14/h3-8,12H,9-11H2,1-2H3,(H,19,20)/t12-/m0/s1. The number of carbonyl (C=O) groups excluding carboxylic acids is 1. The SMILES string of the molecule is COC[C@@H](C)CNC(=O)c1ccc(COc2ccc(F)cc2)o1. The van der Waals surface area contributed by atoms with Crippen molar-refractivity contribution in [3.8, 4) is 5.75 Å². The lowest BCUT2D eigenvalue weighted by atomic mass is 10.2. The summed E-state index contributed by atoms with van der Waals surface area (Å²) in [5, 5.41) is 2.78. The number of carbonyl (C=O) groups is 1. The smallest absolute Gasteiger partial charge is 0.287 e. The van der Waals surface area contributed by atoms with Crippen LogP contribution < -0.4 is 10.1 Å². The second-order valence-electron chi connectivity index (χ2n) is 5.28. The van der Waals surface area contributed by atoms with Crippen molar-refractivity contribution < 1.29 is 23.1 Å². The molecule has 0 spiro atoms. The Kier molecular flexibility index (Phi) is 6.17. The maximum Gasteiger partial charge on any atom is 0.287 e. The molecule has 0 saturated heterocycles. The molecule has 2 rings (SSSR count). The van der Waals surface area contributed by atoms with Gasteiger partial charge in [-0.05, 0) is 42.3 Å². The zero-order valence-electron chi connectivity index (χ0n) is 13.2. The lowest BCUT2D eigenvalue weighted by Crippen LogP contribution is -2.29. The third-order valence-corrected chi connectivity index (χ3v) is 3.14. The normalized spacial score (nSPS) is 12.0. The summed E-state index contributed by atoms with van der Waals surface area (Å²) in [5.41, 5.74) is 0. The fraction of sp³-hybridized carbons (Fsp3) is 0.353. The minimum absolute atomic E-state index is 0.166. The summed E-state index contributed by atoms with van der Waals surface area (Å²) in [4.78, 5) is 12.0. The molecule has 0 fully saturated rings. The molecule has 23 heavy (non-hydrogen) atoms. The Balaban J connectivity index is 1.82. The van der Waals surface area contributed by atoms with Crippen LogP contribution in [0.2, 0.25) is 0 Å². The number of rotatable bonds is 8. The number of halogens is 1. The van der Waals surface area contributed by atoms with Gasteiger partial charge in [-0.2, -0.15) is 0 Å². The topological polar surface area (TPSA) is 60.7 Å². The first kappa shape index (κ1) is 17.0. The monoisotopic (exact) mass is 321 g/mol. The minimum Gasteiger partial charge on any atom is -0.486 e. The maximum atomic E-state index is 12.8. The molecule has 1 atom stereocenters. The number of nitrogens with one attached hydrogen (secondary N) is 1. The first-order valence-corrected chi connectivity index (χ1v) is 7.32. The molecule has 1 aromatic heterocycles. The highest BCUT2D eigenvalue weighted by atomic mass is 19.1. The zero-order chi connectivity index (χ0) is 16.7. The van der Waals surface area contributed by atoms with E-state index >= 15 is 0 Å². The van der Waals surface area contributed by atoms with Crippen molar-refractivity contribution in [2.75, 3.05) is 20.3 Å². The Morgan fingerprint density at radius 3 is 2.70 bits per heavy atom. The molecular formula is C17H20FNO4. The van der Waals surface area contributed by atoms with Gasteiger partial charge < -0.3 is 19.2 Å². The van der Waals surface area contributed by atoms with Crippen LogP contribution in [0.3, 0.4) is 0 Å². The summed E-state index contributed by atoms with van der Waals surface area (Å²) in [6, 6.07) is 8.97. The summed E-state index contributed by atoms with van der Waals surface area (Å²) in [6.07, 6.45) is 0. The molecule has 0 aliphatic carbocycles. The molecule has 124 valence electrons. The van der Waals surface area contributed by atoms with Gasteiger partial charge in [0.25, 0.3) is 5.91 Å². The van der Waals surface area contributed by atoms with Crippen molar-refractivity contribution >= 4 is 5.91 Å². The number of hydrogen-bond acceptors (Lipinski definition) is 4. The number of hydrogen-bond donors (Lipinski definition) is 1. The third kappa shape index (κ3) is 5.41. The summed E-state index contributed by atoms with van der Waals surface area (Å²) < 4.78 is 28.7. The molecule has 1 aromatic carbocycles. The van der Waals surface area contributed by atoms with Gasteiger partial charge in [0.15, 0.2) is 5.76 Å². The molecule has 5 nitrogen and oxygen atoms in total. The van der Waals surface area contributed by atoms with E-state index in [2.05, 4.69) is 5.32 Å². The molecule has 1 amide bonds. The number of ether oxygens (including phenoxy) is 2. The van der Waals surface area contributed by atoms with Crippen molar-refractivity contribution in [2.24, 2.45) is 5.92 Å². The third-order valence-electron chi connectivity index (χ3n) is 3.14. The van der Waals surface area contributed by atoms with Crippen LogP contribution in [0.15, 0.2) is 40.8 Å². The summed E-state index contributed by atoms with van der Waals surface area (Å²) in [6.45, 7) is 3.23. The Morgan fingerprint density at radius 2 is 2.00 bits per heavy atom. The number of furan rings is 1. The first-order valence-electron chi connectivity index (χ1n) is 7.32. The Morgan fingerprint density at radius 1 is 1.26 bits per heavy atom. The van der Waals surface area contributed by atoms with Crippen LogP contribution in [0.1, 0.15) is 23.2 Å². The van der Waals surface area contributed by atoms with Gasteiger partial charge in [-0.15, -0.1) is 0 Å². The molecule has 1 N–H and O–H groups in total. The van der Waals surface area contributed by atoms with Crippen molar-refractivity contribution in [2.45, 2.75) is 13.5 Å². The van der Waals surface area contributed by atoms with E-state index in [0.717, 1.165) is 0 Å². The molecule has 0 unspecified atom stereocenters. The highest BCUT2D eigenvalue weighted by Gasteiger charge is 2.12. The van der Waals surface area contributed by atoms with Gasteiger partial charge in [0.1, 0.15) is 23.9 Å². The van der Waals surface area contributed by atoms with Gasteiger partial charge in [0.05, 0.1) is 6.61 Å². The minimum atomic E-state index is -0.322. The lowest BCUT2D eigenvalue weighted by Gasteiger charge is -2.10. The van der Waals surface area contributed by atoms with Crippen molar-refractivity contribution in [1.82, 2.24) is 5.32 Å². The Labute approximate surface area is 134 Å². The van der Waals surface area contributed by atoms with E-state index in [0.29, 0.717) is 24.7 Å². The predicted octanol–water partition coefficient (Wildman–Crippen LogP) is 3.01. The van der Waals surface area contributed by atoms with Crippen LogP contribution in [-0.4, -0.2) is 26.2 Å². The van der Waals surface area contributed by atoms with Gasteiger partial charge in [0.2, 0.25) is 0 Å². The molecule has 0 aliphatic heterocycles. The summed E-state index contributed by atoms with van der Waals surface area (Å²) >= 11 is 0. The Hall–Kier alpha value is -2.34. The van der Waals surface area contributed by atoms with Crippen LogP contribution in [0.25, 0.3) is 0 Å². The van der Waals surface area contributed by atoms with Crippen LogP contribution in [0.4, 0.5) is 4.39 Å². The molecular weight excluding hydrogens is 301 g/mol. The molecule has 0 saturated carbocycles. The van der Waals surface area contributed by atoms with Gasteiger partial charge >= 0.3 is 0 Å². The quantitative estimate of drug-likeness (QED) is 0.812. The van der Waals surface area contributed by atoms with Gasteiger partial charge in [-0.3, -0.25) is 4.79 Å². The average Bonchev–Trinajstić information content (AvgIpc) is 3.01. The highest BCUT2D eigenvalue weighted by molar-refractivity contribution is 5.91. The highest BCUT2D eigenvalue weighted by Crippen LogP contribution is 2.15. The first-order chi connectivity index (χ1) is 11.1. The van der Waals surface area contributed by atoms with Crippen LogP contribution >= 0.6 is 0 Å². The van der Waals surface area contributed by atoms with Crippen LogP contribution in [-0.2, 0) is 11.3 Å². The average molecular weight is 321 g/mol. The van der Waals surface area contributed by atoms with Crippen LogP contribution in [0, 0.1) is 11.7 Å². The van der Waals surface area contributed by atoms with Crippen molar-refractivity contribution in [3.63, 3.8) is 0 Å². The fourth-order valence-electron chi connectivity index (χ4n) is 1.96. The van der Waals surface area contributed by atoms with E-state index in [1.54, 1.807) is 19.2 Å². The molecule has 0 radical (unpaired) electrons. The zero-order valence-corrected chi connectivity index (χ0v) is 13.2. The molecule has 1 heterocycles. The van der Waals surface area contributed by atoms with E-state index in [9.17, 15) is 9.18 Å². The van der Waals surface area contributed by atoms with Crippen molar-refractivity contribution in [1.29, 1.82) is 0 Å². The van der Waals surface area contributed by atoms with Gasteiger partial charge in [-0.25, -0.2) is 4.39 Å². The lowest BCUT2D eigenvalue weighted by molar-refractivity contribution is 0.0902. The summed E-state index contributed by atoms with van der Waals surface area (Å²) in [7, 11) is 1.62. The maximum absolute atomic E-state index is 12.8. The number of amides is 1. The fourth-order valence-corrected chi connectivity index (χ4v) is 1.96. The van der Waals surface area contributed by atoms with E-state index in [4.69, 9.17) is 13.9 Å². The molecule has 0 aliphatic rings. The van der Waals surface area contributed by atoms with E-state index < -0.39 is 0 Å². The second kappa shape index (κ2) is 8.33. The predicted molar refractivity (Wildman–Crippen MR) is 82.8 cm³/mol. The summed E-state index contributed by atoms with van der Waals surface area (Å²) in [5.74, 6) is 0.900.